The van der Waals surface area contributed by atoms with Gasteiger partial charge in [0.25, 0.3) is 11.8 Å². The van der Waals surface area contributed by atoms with Gasteiger partial charge < -0.3 is 19.9 Å². The number of halogens is 3. The number of anilines is 1. The fraction of sp³-hybridized carbons (Fsp3) is 0.296. The summed E-state index contributed by atoms with van der Waals surface area (Å²) < 4.78 is 41.2. The molecule has 0 saturated carbocycles. The van der Waals surface area contributed by atoms with E-state index < -0.39 is 6.36 Å². The molecule has 2 aromatic carbocycles. The summed E-state index contributed by atoms with van der Waals surface area (Å²) in [5.41, 5.74) is 3.17. The van der Waals surface area contributed by atoms with Crippen molar-refractivity contribution in [2.75, 3.05) is 38.0 Å². The van der Waals surface area contributed by atoms with Gasteiger partial charge in [-0.3, -0.25) is 9.59 Å². The highest BCUT2D eigenvalue weighted by molar-refractivity contribution is 6.06. The molecule has 0 atom stereocenters. The maximum absolute atomic E-state index is 13.0. The molecule has 194 valence electrons. The van der Waals surface area contributed by atoms with Crippen LogP contribution in [0, 0.1) is 6.92 Å². The summed E-state index contributed by atoms with van der Waals surface area (Å²) in [6.07, 6.45) is -3.31. The summed E-state index contributed by atoms with van der Waals surface area (Å²) in [5, 5.41) is 2.79. The molecule has 1 aromatic heterocycles. The lowest BCUT2D eigenvalue weighted by molar-refractivity contribution is -0.274. The van der Waals surface area contributed by atoms with Gasteiger partial charge in [0.2, 0.25) is 0 Å². The topological polar surface area (TPSA) is 74.8 Å². The van der Waals surface area contributed by atoms with Crippen LogP contribution >= 0.6 is 0 Å². The molecule has 3 aromatic rings. The van der Waals surface area contributed by atoms with Crippen LogP contribution < -0.4 is 10.1 Å². The molecule has 37 heavy (non-hydrogen) atoms. The second-order valence-corrected chi connectivity index (χ2v) is 8.66. The van der Waals surface area contributed by atoms with Crippen molar-refractivity contribution in [2.24, 2.45) is 0 Å². The van der Waals surface area contributed by atoms with Gasteiger partial charge in [-0.1, -0.05) is 31.2 Å². The van der Waals surface area contributed by atoms with E-state index >= 15 is 0 Å². The van der Waals surface area contributed by atoms with Gasteiger partial charge in [-0.25, -0.2) is 4.98 Å². The number of rotatable bonds is 6. The van der Waals surface area contributed by atoms with E-state index in [9.17, 15) is 22.8 Å². The number of hydrogen-bond donors (Lipinski definition) is 1. The van der Waals surface area contributed by atoms with Crippen LogP contribution in [0.4, 0.5) is 18.9 Å². The average molecular weight is 513 g/mol. The third-order valence-electron chi connectivity index (χ3n) is 6.32. The van der Waals surface area contributed by atoms with Gasteiger partial charge in [0.15, 0.2) is 0 Å². The highest BCUT2D eigenvalue weighted by Gasteiger charge is 2.31. The van der Waals surface area contributed by atoms with E-state index in [2.05, 4.69) is 26.9 Å². The monoisotopic (exact) mass is 512 g/mol. The number of likely N-dealkylation sites (N-methyl/N-ethyl adjacent to an activating group) is 1. The summed E-state index contributed by atoms with van der Waals surface area (Å²) in [6, 6.07) is 13.9. The summed E-state index contributed by atoms with van der Waals surface area (Å²) in [6.45, 7) is 7.79. The molecule has 10 heteroatoms. The summed E-state index contributed by atoms with van der Waals surface area (Å²) in [5.74, 6) is -0.822. The number of amides is 2. The maximum atomic E-state index is 13.0. The largest absolute Gasteiger partial charge is 0.573 e. The molecule has 4 rings (SSSR count). The Labute approximate surface area is 212 Å². The molecule has 0 bridgehead atoms. The fourth-order valence-corrected chi connectivity index (χ4v) is 4.25. The summed E-state index contributed by atoms with van der Waals surface area (Å²) in [4.78, 5) is 34.1. The lowest BCUT2D eigenvalue weighted by Gasteiger charge is -2.33. The van der Waals surface area contributed by atoms with E-state index in [-0.39, 0.29) is 17.6 Å². The molecule has 0 spiro atoms. The van der Waals surface area contributed by atoms with E-state index in [0.29, 0.717) is 46.7 Å². The molecule has 0 radical (unpaired) electrons. The molecule has 1 N–H and O–H groups in total. The first kappa shape index (κ1) is 26.2. The molecule has 1 aliphatic heterocycles. The zero-order valence-corrected chi connectivity index (χ0v) is 20.5. The Morgan fingerprint density at radius 3 is 2.30 bits per heavy atom. The molecule has 1 fully saturated rings. The Kier molecular flexibility index (Phi) is 7.77. The van der Waals surface area contributed by atoms with Crippen molar-refractivity contribution in [3.05, 3.63) is 77.6 Å². The Hall–Kier alpha value is -3.92. The Morgan fingerprint density at radius 1 is 1.00 bits per heavy atom. The number of benzene rings is 2. The van der Waals surface area contributed by atoms with E-state index in [1.165, 1.54) is 30.5 Å². The fourth-order valence-electron chi connectivity index (χ4n) is 4.25. The average Bonchev–Trinajstić information content (AvgIpc) is 2.88. The normalized spacial score (nSPS) is 14.4. The predicted octanol–water partition coefficient (Wildman–Crippen LogP) is 4.99. The lowest BCUT2D eigenvalue weighted by atomic mass is 9.96. The molecule has 7 nitrogen and oxygen atoms in total. The molecule has 1 saturated heterocycles. The SMILES string of the molecule is CCN1CCN(C(=O)c2ccc(NC(=O)c3cccc(-c4ccc(OC(F)(F)F)cc4)c3C)cn2)CC1. The van der Waals surface area contributed by atoms with Crippen molar-refractivity contribution in [3.63, 3.8) is 0 Å². The first-order chi connectivity index (χ1) is 17.6. The Balaban J connectivity index is 1.43. The quantitative estimate of drug-likeness (QED) is 0.504. The van der Waals surface area contributed by atoms with E-state index in [0.717, 1.165) is 19.6 Å². The molecule has 0 aliphatic carbocycles. The number of nitrogens with zero attached hydrogens (tertiary/aromatic N) is 3. The second-order valence-electron chi connectivity index (χ2n) is 8.66. The van der Waals surface area contributed by atoms with Crippen molar-refractivity contribution in [2.45, 2.75) is 20.2 Å². The molecule has 1 aliphatic rings. The summed E-state index contributed by atoms with van der Waals surface area (Å²) in [7, 11) is 0. The van der Waals surface area contributed by atoms with Crippen LogP contribution in [0.5, 0.6) is 5.75 Å². The second kappa shape index (κ2) is 11.0. The molecule has 2 amide bonds. The van der Waals surface area contributed by atoms with Crippen molar-refractivity contribution < 1.29 is 27.5 Å². The van der Waals surface area contributed by atoms with Crippen molar-refractivity contribution in [1.82, 2.24) is 14.8 Å². The van der Waals surface area contributed by atoms with Gasteiger partial charge in [-0.05, 0) is 60.5 Å². The van der Waals surface area contributed by atoms with Gasteiger partial charge in [-0.2, -0.15) is 0 Å². The van der Waals surface area contributed by atoms with Crippen LogP contribution in [0.25, 0.3) is 11.1 Å². The third-order valence-corrected chi connectivity index (χ3v) is 6.32. The molecular weight excluding hydrogens is 485 g/mol. The van der Waals surface area contributed by atoms with Crippen LogP contribution in [0.3, 0.4) is 0 Å². The van der Waals surface area contributed by atoms with E-state index in [4.69, 9.17) is 0 Å². The predicted molar refractivity (Wildman–Crippen MR) is 134 cm³/mol. The zero-order valence-electron chi connectivity index (χ0n) is 20.5. The van der Waals surface area contributed by atoms with Gasteiger partial charge in [0.1, 0.15) is 11.4 Å². The third kappa shape index (κ3) is 6.45. The van der Waals surface area contributed by atoms with Gasteiger partial charge >= 0.3 is 6.36 Å². The molecule has 2 heterocycles. The standard InChI is InChI=1S/C27H27F3N4O3/c1-3-33-13-15-34(16-14-33)26(36)24-12-9-20(17-31-24)32-25(35)23-6-4-5-22(18(23)2)19-7-10-21(11-8-19)37-27(28,29)30/h4-12,17H,3,13-16H2,1-2H3,(H,32,35). The number of aromatic nitrogens is 1. The number of piperazine rings is 1. The van der Waals surface area contributed by atoms with Crippen molar-refractivity contribution in [1.29, 1.82) is 0 Å². The van der Waals surface area contributed by atoms with Crippen LogP contribution in [0.1, 0.15) is 33.3 Å². The minimum absolute atomic E-state index is 0.135. The van der Waals surface area contributed by atoms with Crippen molar-refractivity contribution >= 4 is 17.5 Å². The number of alkyl halides is 3. The zero-order chi connectivity index (χ0) is 26.6. The molecular formula is C27H27F3N4O3. The highest BCUT2D eigenvalue weighted by Crippen LogP contribution is 2.30. The number of carbonyl (C=O) groups excluding carboxylic acids is 2. The van der Waals surface area contributed by atoms with Gasteiger partial charge in [-0.15, -0.1) is 13.2 Å². The lowest BCUT2D eigenvalue weighted by Crippen LogP contribution is -2.48. The van der Waals surface area contributed by atoms with Crippen LogP contribution in [0.2, 0.25) is 0 Å². The number of nitrogens with one attached hydrogen (secondary N) is 1. The van der Waals surface area contributed by atoms with Crippen LogP contribution in [-0.2, 0) is 0 Å². The van der Waals surface area contributed by atoms with Crippen LogP contribution in [0.15, 0.2) is 60.8 Å². The Bertz CT molecular complexity index is 1250. The Morgan fingerprint density at radius 2 is 1.70 bits per heavy atom. The van der Waals surface area contributed by atoms with Crippen LogP contribution in [-0.4, -0.2) is 65.7 Å². The van der Waals surface area contributed by atoms with E-state index in [1.54, 1.807) is 42.2 Å². The number of pyridine rings is 1. The first-order valence-corrected chi connectivity index (χ1v) is 11.9. The van der Waals surface area contributed by atoms with E-state index in [1.807, 2.05) is 0 Å². The number of carbonyl (C=O) groups is 2. The highest BCUT2D eigenvalue weighted by atomic mass is 19.4. The minimum atomic E-state index is -4.76. The minimum Gasteiger partial charge on any atom is -0.406 e. The summed E-state index contributed by atoms with van der Waals surface area (Å²) >= 11 is 0. The van der Waals surface area contributed by atoms with Gasteiger partial charge in [0, 0.05) is 31.7 Å². The van der Waals surface area contributed by atoms with Gasteiger partial charge in [0.05, 0.1) is 11.9 Å². The smallest absolute Gasteiger partial charge is 0.406 e. The number of ether oxygens (including phenoxy) is 1. The maximum Gasteiger partial charge on any atom is 0.573 e. The molecule has 0 unspecified atom stereocenters. The number of hydrogen-bond acceptors (Lipinski definition) is 5. The van der Waals surface area contributed by atoms with Crippen molar-refractivity contribution in [3.8, 4) is 16.9 Å². The first-order valence-electron chi connectivity index (χ1n) is 11.9.